The molecule has 0 saturated heterocycles. The van der Waals surface area contributed by atoms with Crippen LogP contribution in [0.4, 0.5) is 4.39 Å². The molecule has 1 aromatic heterocycles. The van der Waals surface area contributed by atoms with E-state index >= 15 is 0 Å². The van der Waals surface area contributed by atoms with Crippen LogP contribution < -0.4 is 0 Å². The number of halogens is 3. The fourth-order valence-electron chi connectivity index (χ4n) is 3.34. The van der Waals surface area contributed by atoms with Gasteiger partial charge in [-0.2, -0.15) is 0 Å². The molecule has 0 aliphatic rings. The molecule has 4 aromatic carbocycles. The lowest BCUT2D eigenvalue weighted by Gasteiger charge is -2.11. The van der Waals surface area contributed by atoms with Gasteiger partial charge in [0, 0.05) is 15.2 Å². The van der Waals surface area contributed by atoms with E-state index in [4.69, 9.17) is 9.97 Å². The second-order valence-electron chi connectivity index (χ2n) is 5.86. The number of aromatic nitrogens is 2. The maximum Gasteiger partial charge on any atom is 0.140 e. The highest BCUT2D eigenvalue weighted by Crippen LogP contribution is 2.37. The van der Waals surface area contributed by atoms with E-state index in [-0.39, 0.29) is 5.82 Å². The molecule has 0 fully saturated rings. The Balaban J connectivity index is 2.15. The molecule has 0 amide bonds. The molecule has 2 nitrogen and oxygen atoms in total. The van der Waals surface area contributed by atoms with E-state index in [9.17, 15) is 4.39 Å². The standard InChI is InChI=1S/C20H9Br2FN2/c21-14-9-15(23)16(22)20-19(14)24-17-12-7-3-1-5-10(12)11-6-2-4-8-13(11)18(17)25-20/h1-9H. The molecule has 0 atom stereocenters. The smallest absolute Gasteiger partial charge is 0.140 e. The van der Waals surface area contributed by atoms with Crippen molar-refractivity contribution < 1.29 is 4.39 Å². The highest BCUT2D eigenvalue weighted by Gasteiger charge is 2.16. The minimum atomic E-state index is -0.363. The summed E-state index contributed by atoms with van der Waals surface area (Å²) in [5.41, 5.74) is 2.75. The number of hydrogen-bond donors (Lipinski definition) is 0. The molecule has 0 spiro atoms. The van der Waals surface area contributed by atoms with Gasteiger partial charge in [-0.3, -0.25) is 0 Å². The van der Waals surface area contributed by atoms with Gasteiger partial charge in [-0.25, -0.2) is 14.4 Å². The van der Waals surface area contributed by atoms with Gasteiger partial charge in [0.25, 0.3) is 0 Å². The molecule has 0 aliphatic carbocycles. The molecule has 0 unspecified atom stereocenters. The predicted molar refractivity (Wildman–Crippen MR) is 107 cm³/mol. The molecule has 25 heavy (non-hydrogen) atoms. The molecule has 0 aliphatic heterocycles. The van der Waals surface area contributed by atoms with Gasteiger partial charge < -0.3 is 0 Å². The van der Waals surface area contributed by atoms with E-state index in [1.54, 1.807) is 0 Å². The van der Waals surface area contributed by atoms with Crippen molar-refractivity contribution in [1.82, 2.24) is 9.97 Å². The first-order chi connectivity index (χ1) is 12.1. The van der Waals surface area contributed by atoms with Crippen molar-refractivity contribution in [3.8, 4) is 0 Å². The minimum absolute atomic E-state index is 0.331. The van der Waals surface area contributed by atoms with E-state index in [0.717, 1.165) is 32.6 Å². The van der Waals surface area contributed by atoms with Gasteiger partial charge in [0.1, 0.15) is 16.9 Å². The molecule has 0 radical (unpaired) electrons. The zero-order valence-electron chi connectivity index (χ0n) is 12.7. The summed E-state index contributed by atoms with van der Waals surface area (Å²) in [6.45, 7) is 0. The van der Waals surface area contributed by atoms with Crippen LogP contribution in [0.25, 0.3) is 43.6 Å². The summed E-state index contributed by atoms with van der Waals surface area (Å²) in [5.74, 6) is -0.363. The van der Waals surface area contributed by atoms with E-state index in [1.165, 1.54) is 6.07 Å². The first-order valence-electron chi connectivity index (χ1n) is 7.69. The maximum atomic E-state index is 14.1. The summed E-state index contributed by atoms with van der Waals surface area (Å²) >= 11 is 6.73. The Morgan fingerprint density at radius 2 is 1.12 bits per heavy atom. The lowest BCUT2D eigenvalue weighted by atomic mass is 9.99. The van der Waals surface area contributed by atoms with E-state index < -0.39 is 0 Å². The van der Waals surface area contributed by atoms with Gasteiger partial charge in [0.05, 0.1) is 15.5 Å². The fourth-order valence-corrected chi connectivity index (χ4v) is 4.20. The summed E-state index contributed by atoms with van der Waals surface area (Å²) in [6, 6.07) is 17.7. The molecule has 5 rings (SSSR count). The van der Waals surface area contributed by atoms with Crippen molar-refractivity contribution in [2.75, 3.05) is 0 Å². The van der Waals surface area contributed by atoms with Gasteiger partial charge in [-0.15, -0.1) is 0 Å². The van der Waals surface area contributed by atoms with E-state index in [1.807, 2.05) is 30.3 Å². The molecular formula is C20H9Br2FN2. The van der Waals surface area contributed by atoms with Crippen molar-refractivity contribution in [1.29, 1.82) is 0 Å². The molecule has 0 saturated carbocycles. The topological polar surface area (TPSA) is 25.8 Å². The Morgan fingerprint density at radius 1 is 0.640 bits per heavy atom. The molecule has 1 heterocycles. The summed E-state index contributed by atoms with van der Waals surface area (Å²) < 4.78 is 15.1. The molecule has 120 valence electrons. The number of benzene rings is 4. The third-order valence-electron chi connectivity index (χ3n) is 4.45. The average Bonchev–Trinajstić information content (AvgIpc) is 2.65. The fraction of sp³-hybridized carbons (Fsp3) is 0. The summed E-state index contributed by atoms with van der Waals surface area (Å²) in [5, 5.41) is 4.30. The molecule has 0 bridgehead atoms. The number of hydrogen-bond acceptors (Lipinski definition) is 2. The second-order valence-corrected chi connectivity index (χ2v) is 7.51. The van der Waals surface area contributed by atoms with Crippen LogP contribution in [0.15, 0.2) is 63.5 Å². The maximum absolute atomic E-state index is 14.1. The third-order valence-corrected chi connectivity index (χ3v) is 5.81. The highest BCUT2D eigenvalue weighted by atomic mass is 79.9. The number of rotatable bonds is 0. The zero-order chi connectivity index (χ0) is 17.1. The molecule has 5 aromatic rings. The summed E-state index contributed by atoms with van der Waals surface area (Å²) in [4.78, 5) is 9.65. The van der Waals surface area contributed by atoms with Crippen LogP contribution in [-0.2, 0) is 0 Å². The van der Waals surface area contributed by atoms with Gasteiger partial charge in [0.15, 0.2) is 0 Å². The van der Waals surface area contributed by atoms with Gasteiger partial charge in [-0.1, -0.05) is 48.5 Å². The van der Waals surface area contributed by atoms with Crippen molar-refractivity contribution in [3.05, 3.63) is 69.4 Å². The number of nitrogens with zero attached hydrogens (tertiary/aromatic N) is 2. The quantitative estimate of drug-likeness (QED) is 0.146. The van der Waals surface area contributed by atoms with Crippen molar-refractivity contribution >= 4 is 75.5 Å². The van der Waals surface area contributed by atoms with Crippen molar-refractivity contribution in [2.24, 2.45) is 0 Å². The number of fused-ring (bicyclic) bond motifs is 7. The van der Waals surface area contributed by atoms with Crippen LogP contribution in [0.2, 0.25) is 0 Å². The van der Waals surface area contributed by atoms with E-state index in [2.05, 4.69) is 50.1 Å². The first-order valence-corrected chi connectivity index (χ1v) is 9.28. The minimum Gasteiger partial charge on any atom is -0.243 e. The third kappa shape index (κ3) is 2.12. The molecular weight excluding hydrogens is 447 g/mol. The summed E-state index contributed by atoms with van der Waals surface area (Å²) in [6.07, 6.45) is 0. The monoisotopic (exact) mass is 454 g/mol. The van der Waals surface area contributed by atoms with Crippen LogP contribution >= 0.6 is 31.9 Å². The Bertz CT molecular complexity index is 1330. The lowest BCUT2D eigenvalue weighted by Crippen LogP contribution is -1.94. The molecule has 0 N–H and O–H groups in total. The molecule has 5 heteroatoms. The Hall–Kier alpha value is -2.11. The predicted octanol–water partition coefficient (Wildman–Crippen LogP) is 6.75. The lowest BCUT2D eigenvalue weighted by molar-refractivity contribution is 0.622. The summed E-state index contributed by atoms with van der Waals surface area (Å²) in [7, 11) is 0. The Kier molecular flexibility index (Phi) is 3.30. The van der Waals surface area contributed by atoms with Crippen LogP contribution in [0, 0.1) is 5.82 Å². The normalized spacial score (nSPS) is 11.8. The zero-order valence-corrected chi connectivity index (χ0v) is 15.9. The largest absolute Gasteiger partial charge is 0.243 e. The first kappa shape index (κ1) is 15.2. The van der Waals surface area contributed by atoms with Crippen LogP contribution in [0.3, 0.4) is 0 Å². The van der Waals surface area contributed by atoms with Crippen molar-refractivity contribution in [2.45, 2.75) is 0 Å². The Morgan fingerprint density at radius 3 is 1.68 bits per heavy atom. The second kappa shape index (κ2) is 5.44. The Labute approximate surface area is 158 Å². The van der Waals surface area contributed by atoms with Gasteiger partial charge in [0.2, 0.25) is 0 Å². The van der Waals surface area contributed by atoms with Gasteiger partial charge >= 0.3 is 0 Å². The van der Waals surface area contributed by atoms with Crippen molar-refractivity contribution in [3.63, 3.8) is 0 Å². The van der Waals surface area contributed by atoms with Crippen LogP contribution in [-0.4, -0.2) is 9.97 Å². The van der Waals surface area contributed by atoms with Gasteiger partial charge in [-0.05, 0) is 48.7 Å². The van der Waals surface area contributed by atoms with Crippen LogP contribution in [0.5, 0.6) is 0 Å². The SMILES string of the molecule is Fc1cc(Br)c2nc3c4ccccc4c4ccccc4c3nc2c1Br. The average molecular weight is 456 g/mol. The highest BCUT2D eigenvalue weighted by molar-refractivity contribution is 9.11. The van der Waals surface area contributed by atoms with E-state index in [0.29, 0.717) is 20.0 Å². The van der Waals surface area contributed by atoms with Crippen LogP contribution in [0.1, 0.15) is 0 Å².